The Hall–Kier alpha value is -1.64. The maximum absolute atomic E-state index is 9.75. The van der Waals surface area contributed by atoms with Gasteiger partial charge in [0, 0.05) is 6.04 Å². The third-order valence-electron chi connectivity index (χ3n) is 4.58. The van der Waals surface area contributed by atoms with Gasteiger partial charge in [-0.25, -0.2) is 0 Å². The molecule has 0 amide bonds. The van der Waals surface area contributed by atoms with Crippen LogP contribution < -0.4 is 5.32 Å². The van der Waals surface area contributed by atoms with Gasteiger partial charge in [0.1, 0.15) is 0 Å². The van der Waals surface area contributed by atoms with Crippen molar-refractivity contribution < 1.29 is 5.11 Å². The second-order valence-electron chi connectivity index (χ2n) is 5.97. The molecule has 0 saturated heterocycles. The van der Waals surface area contributed by atoms with Crippen LogP contribution in [0.2, 0.25) is 0 Å². The van der Waals surface area contributed by atoms with E-state index in [1.54, 1.807) is 0 Å². The molecule has 0 saturated carbocycles. The van der Waals surface area contributed by atoms with Crippen LogP contribution in [0.5, 0.6) is 0 Å². The highest BCUT2D eigenvalue weighted by atomic mass is 16.3. The summed E-state index contributed by atoms with van der Waals surface area (Å²) in [5.74, 6) is 0.628. The van der Waals surface area contributed by atoms with Crippen LogP contribution in [0, 0.1) is 0 Å². The number of hydrogen-bond donors (Lipinski definition) is 2. The molecule has 1 aliphatic rings. The summed E-state index contributed by atoms with van der Waals surface area (Å²) in [5.41, 5.74) is 3.99. The lowest BCUT2D eigenvalue weighted by molar-refractivity contribution is 0.227. The minimum absolute atomic E-state index is 0.00216. The highest BCUT2D eigenvalue weighted by Gasteiger charge is 2.26. The highest BCUT2D eigenvalue weighted by Crippen LogP contribution is 2.38. The minimum atomic E-state index is -0.00216. The first kappa shape index (κ1) is 14.3. The van der Waals surface area contributed by atoms with Gasteiger partial charge in [0.05, 0.1) is 12.6 Å². The molecule has 0 fully saturated rings. The van der Waals surface area contributed by atoms with Gasteiger partial charge in [-0.15, -0.1) is 0 Å². The number of aliphatic hydroxyl groups excluding tert-OH is 1. The zero-order valence-electron chi connectivity index (χ0n) is 12.5. The summed E-state index contributed by atoms with van der Waals surface area (Å²) in [4.78, 5) is 0. The molecular formula is C19H23NO. The first-order valence-electron chi connectivity index (χ1n) is 7.80. The lowest BCUT2D eigenvalue weighted by Crippen LogP contribution is -2.31. The molecule has 0 heterocycles. The van der Waals surface area contributed by atoms with Gasteiger partial charge in [-0.05, 0) is 35.4 Å². The van der Waals surface area contributed by atoms with Crippen LogP contribution in [0.15, 0.2) is 54.6 Å². The summed E-state index contributed by atoms with van der Waals surface area (Å²) in [6, 6.07) is 19.2. The molecule has 21 heavy (non-hydrogen) atoms. The fraction of sp³-hybridized carbons (Fsp3) is 0.368. The molecule has 1 aliphatic carbocycles. The summed E-state index contributed by atoms with van der Waals surface area (Å²) in [5, 5.41) is 13.4. The second-order valence-corrected chi connectivity index (χ2v) is 5.97. The Labute approximate surface area is 126 Å². The van der Waals surface area contributed by atoms with Gasteiger partial charge in [0.15, 0.2) is 0 Å². The number of rotatable bonds is 4. The molecule has 2 N–H and O–H groups in total. The second kappa shape index (κ2) is 6.42. The molecule has 0 radical (unpaired) electrons. The Bertz CT molecular complexity index is 581. The van der Waals surface area contributed by atoms with Crippen LogP contribution in [0.1, 0.15) is 54.5 Å². The summed E-state index contributed by atoms with van der Waals surface area (Å²) in [6.45, 7) is 2.42. The lowest BCUT2D eigenvalue weighted by Gasteiger charge is -2.33. The van der Waals surface area contributed by atoms with Crippen molar-refractivity contribution in [2.75, 3.05) is 6.61 Å². The third-order valence-corrected chi connectivity index (χ3v) is 4.58. The van der Waals surface area contributed by atoms with Crippen LogP contribution in [0.3, 0.4) is 0 Å². The summed E-state index contributed by atoms with van der Waals surface area (Å²) >= 11 is 0. The van der Waals surface area contributed by atoms with Gasteiger partial charge < -0.3 is 10.4 Å². The molecule has 3 atom stereocenters. The molecule has 2 aromatic rings. The van der Waals surface area contributed by atoms with Gasteiger partial charge in [-0.2, -0.15) is 0 Å². The quantitative estimate of drug-likeness (QED) is 0.889. The van der Waals surface area contributed by atoms with E-state index in [0.29, 0.717) is 12.0 Å². The van der Waals surface area contributed by atoms with E-state index in [4.69, 9.17) is 0 Å². The maximum Gasteiger partial charge on any atom is 0.0626 e. The largest absolute Gasteiger partial charge is 0.394 e. The molecule has 0 aromatic heterocycles. The van der Waals surface area contributed by atoms with Crippen molar-refractivity contribution in [1.29, 1.82) is 0 Å². The number of nitrogens with one attached hydrogen (secondary N) is 1. The van der Waals surface area contributed by atoms with Crippen molar-refractivity contribution in [3.63, 3.8) is 0 Å². The Morgan fingerprint density at radius 3 is 2.38 bits per heavy atom. The molecule has 110 valence electrons. The molecule has 2 unspecified atom stereocenters. The van der Waals surface area contributed by atoms with E-state index >= 15 is 0 Å². The van der Waals surface area contributed by atoms with Gasteiger partial charge in [0.25, 0.3) is 0 Å². The molecule has 2 aromatic carbocycles. The summed E-state index contributed by atoms with van der Waals surface area (Å²) in [6.07, 6.45) is 2.32. The van der Waals surface area contributed by atoms with Crippen LogP contribution in [-0.2, 0) is 0 Å². The van der Waals surface area contributed by atoms with E-state index < -0.39 is 0 Å². The zero-order chi connectivity index (χ0) is 14.7. The SMILES string of the molecule is CC1CCC(N[C@H](CO)c2ccccc2)c2ccccc21. The van der Waals surface area contributed by atoms with Crippen molar-refractivity contribution in [2.24, 2.45) is 0 Å². The Balaban J connectivity index is 1.83. The third kappa shape index (κ3) is 3.02. The number of benzene rings is 2. The van der Waals surface area contributed by atoms with Gasteiger partial charge in [-0.1, -0.05) is 61.5 Å². The fourth-order valence-corrected chi connectivity index (χ4v) is 3.36. The van der Waals surface area contributed by atoms with Gasteiger partial charge in [-0.3, -0.25) is 0 Å². The first-order chi connectivity index (χ1) is 10.3. The van der Waals surface area contributed by atoms with Crippen molar-refractivity contribution in [3.05, 3.63) is 71.3 Å². The van der Waals surface area contributed by atoms with Gasteiger partial charge in [0.2, 0.25) is 0 Å². The van der Waals surface area contributed by atoms with Crippen LogP contribution in [-0.4, -0.2) is 11.7 Å². The van der Waals surface area contributed by atoms with E-state index in [1.807, 2.05) is 18.2 Å². The number of hydrogen-bond acceptors (Lipinski definition) is 2. The molecular weight excluding hydrogens is 258 g/mol. The molecule has 3 rings (SSSR count). The van der Waals surface area contributed by atoms with Crippen LogP contribution in [0.25, 0.3) is 0 Å². The first-order valence-corrected chi connectivity index (χ1v) is 7.80. The fourth-order valence-electron chi connectivity index (χ4n) is 3.36. The monoisotopic (exact) mass is 281 g/mol. The molecule has 2 nitrogen and oxygen atoms in total. The number of fused-ring (bicyclic) bond motifs is 1. The zero-order valence-corrected chi connectivity index (χ0v) is 12.5. The molecule has 0 bridgehead atoms. The standard InChI is InChI=1S/C19H23NO/c1-14-11-12-18(17-10-6-5-9-16(14)17)20-19(13-21)15-7-3-2-4-8-15/h2-10,14,18-21H,11-13H2,1H3/t14?,18?,19-/m1/s1. The van der Waals surface area contributed by atoms with Crippen molar-refractivity contribution in [1.82, 2.24) is 5.32 Å². The highest BCUT2D eigenvalue weighted by molar-refractivity contribution is 5.35. The molecule has 0 spiro atoms. The molecule has 0 aliphatic heterocycles. The number of aliphatic hydroxyl groups is 1. The maximum atomic E-state index is 9.75. The van der Waals surface area contributed by atoms with Crippen molar-refractivity contribution in [2.45, 2.75) is 37.8 Å². The Morgan fingerprint density at radius 1 is 1.00 bits per heavy atom. The topological polar surface area (TPSA) is 32.3 Å². The van der Waals surface area contributed by atoms with Crippen LogP contribution in [0.4, 0.5) is 0 Å². The Morgan fingerprint density at radius 2 is 1.67 bits per heavy atom. The predicted octanol–water partition coefficient (Wildman–Crippen LogP) is 3.95. The van der Waals surface area contributed by atoms with Gasteiger partial charge >= 0.3 is 0 Å². The van der Waals surface area contributed by atoms with Crippen LogP contribution >= 0.6 is 0 Å². The lowest BCUT2D eigenvalue weighted by atomic mass is 9.80. The van der Waals surface area contributed by atoms with E-state index in [0.717, 1.165) is 12.0 Å². The average molecular weight is 281 g/mol. The van der Waals surface area contributed by atoms with Crippen molar-refractivity contribution in [3.8, 4) is 0 Å². The average Bonchev–Trinajstić information content (AvgIpc) is 2.55. The van der Waals surface area contributed by atoms with E-state index in [2.05, 4.69) is 48.6 Å². The normalized spacial score (nSPS) is 22.6. The predicted molar refractivity (Wildman–Crippen MR) is 86.2 cm³/mol. The molecule has 2 heteroatoms. The summed E-state index contributed by atoms with van der Waals surface area (Å²) < 4.78 is 0. The Kier molecular flexibility index (Phi) is 4.37. The van der Waals surface area contributed by atoms with E-state index in [9.17, 15) is 5.11 Å². The minimum Gasteiger partial charge on any atom is -0.394 e. The van der Waals surface area contributed by atoms with E-state index in [-0.39, 0.29) is 12.6 Å². The summed E-state index contributed by atoms with van der Waals surface area (Å²) in [7, 11) is 0. The smallest absolute Gasteiger partial charge is 0.0626 e. The van der Waals surface area contributed by atoms with E-state index in [1.165, 1.54) is 17.5 Å². The van der Waals surface area contributed by atoms with Crippen molar-refractivity contribution >= 4 is 0 Å².